The standard InChI is InChI=1S/C14H18N4O/c1-10(2)19-12-6-11(7-17-8-12)14(15-3)13-4-5-16-9-18-13/h4-10,14-15H,1-3H3. The van der Waals surface area contributed by atoms with Crippen LogP contribution in [0.4, 0.5) is 0 Å². The second-order valence-corrected chi connectivity index (χ2v) is 4.48. The number of hydrogen-bond acceptors (Lipinski definition) is 5. The lowest BCUT2D eigenvalue weighted by molar-refractivity contribution is 0.241. The molecule has 0 radical (unpaired) electrons. The van der Waals surface area contributed by atoms with Crippen LogP contribution in [0.2, 0.25) is 0 Å². The highest BCUT2D eigenvalue weighted by Gasteiger charge is 2.14. The second kappa shape index (κ2) is 6.24. The molecule has 1 N–H and O–H groups in total. The van der Waals surface area contributed by atoms with Gasteiger partial charge >= 0.3 is 0 Å². The number of pyridine rings is 1. The van der Waals surface area contributed by atoms with Crippen LogP contribution in [0.25, 0.3) is 0 Å². The van der Waals surface area contributed by atoms with E-state index in [1.54, 1.807) is 18.7 Å². The second-order valence-electron chi connectivity index (χ2n) is 4.48. The molecule has 5 nitrogen and oxygen atoms in total. The average molecular weight is 258 g/mol. The van der Waals surface area contributed by atoms with Crippen molar-refractivity contribution >= 4 is 0 Å². The number of nitrogens with one attached hydrogen (secondary N) is 1. The molecule has 0 saturated carbocycles. The molecule has 0 aromatic carbocycles. The smallest absolute Gasteiger partial charge is 0.138 e. The van der Waals surface area contributed by atoms with Crippen LogP contribution in [0.15, 0.2) is 37.1 Å². The van der Waals surface area contributed by atoms with E-state index in [0.717, 1.165) is 17.0 Å². The summed E-state index contributed by atoms with van der Waals surface area (Å²) in [5, 5.41) is 3.23. The van der Waals surface area contributed by atoms with Crippen molar-refractivity contribution in [1.82, 2.24) is 20.3 Å². The van der Waals surface area contributed by atoms with Gasteiger partial charge in [0.2, 0.25) is 0 Å². The first-order valence-corrected chi connectivity index (χ1v) is 6.25. The maximum absolute atomic E-state index is 5.66. The molecule has 0 aliphatic carbocycles. The summed E-state index contributed by atoms with van der Waals surface area (Å²) in [6.07, 6.45) is 6.94. The van der Waals surface area contributed by atoms with Crippen molar-refractivity contribution in [1.29, 1.82) is 0 Å². The summed E-state index contributed by atoms with van der Waals surface area (Å²) in [6.45, 7) is 3.99. The predicted molar refractivity (Wildman–Crippen MR) is 72.9 cm³/mol. The Morgan fingerprint density at radius 1 is 1.21 bits per heavy atom. The number of hydrogen-bond donors (Lipinski definition) is 1. The van der Waals surface area contributed by atoms with Crippen molar-refractivity contribution < 1.29 is 4.74 Å². The van der Waals surface area contributed by atoms with Crippen LogP contribution in [-0.4, -0.2) is 28.1 Å². The molecule has 19 heavy (non-hydrogen) atoms. The Labute approximate surface area is 113 Å². The summed E-state index contributed by atoms with van der Waals surface area (Å²) in [5.41, 5.74) is 1.92. The van der Waals surface area contributed by atoms with Gasteiger partial charge in [-0.2, -0.15) is 0 Å². The number of ether oxygens (including phenoxy) is 1. The predicted octanol–water partition coefficient (Wildman–Crippen LogP) is 1.97. The van der Waals surface area contributed by atoms with E-state index in [9.17, 15) is 0 Å². The van der Waals surface area contributed by atoms with E-state index in [2.05, 4.69) is 20.3 Å². The number of aromatic nitrogens is 3. The Morgan fingerprint density at radius 3 is 2.68 bits per heavy atom. The molecule has 1 unspecified atom stereocenters. The molecule has 5 heteroatoms. The van der Waals surface area contributed by atoms with Crippen molar-refractivity contribution in [3.8, 4) is 5.75 Å². The molecule has 0 fully saturated rings. The maximum atomic E-state index is 5.66. The fraction of sp³-hybridized carbons (Fsp3) is 0.357. The summed E-state index contributed by atoms with van der Waals surface area (Å²) in [6, 6.07) is 3.85. The molecule has 2 aromatic heterocycles. The Morgan fingerprint density at radius 2 is 2.05 bits per heavy atom. The normalized spacial score (nSPS) is 12.4. The van der Waals surface area contributed by atoms with Gasteiger partial charge in [0.05, 0.1) is 24.0 Å². The Kier molecular flexibility index (Phi) is 4.41. The third-order valence-corrected chi connectivity index (χ3v) is 2.63. The molecule has 0 aliphatic heterocycles. The highest BCUT2D eigenvalue weighted by molar-refractivity contribution is 5.30. The Balaban J connectivity index is 2.28. The summed E-state index contributed by atoms with van der Waals surface area (Å²) in [7, 11) is 1.89. The monoisotopic (exact) mass is 258 g/mol. The maximum Gasteiger partial charge on any atom is 0.138 e. The Bertz CT molecular complexity index is 516. The minimum absolute atomic E-state index is 0.0220. The highest BCUT2D eigenvalue weighted by Crippen LogP contribution is 2.22. The van der Waals surface area contributed by atoms with E-state index in [-0.39, 0.29) is 12.1 Å². The molecule has 2 heterocycles. The summed E-state index contributed by atoms with van der Waals surface area (Å²) < 4.78 is 5.66. The van der Waals surface area contributed by atoms with Crippen molar-refractivity contribution in [2.24, 2.45) is 0 Å². The summed E-state index contributed by atoms with van der Waals surface area (Å²) >= 11 is 0. The molecule has 2 aromatic rings. The van der Waals surface area contributed by atoms with Crippen molar-refractivity contribution in [3.63, 3.8) is 0 Å². The van der Waals surface area contributed by atoms with Gasteiger partial charge < -0.3 is 10.1 Å². The van der Waals surface area contributed by atoms with E-state index in [1.165, 1.54) is 0 Å². The zero-order valence-electron chi connectivity index (χ0n) is 11.4. The van der Waals surface area contributed by atoms with Crippen molar-refractivity contribution in [2.45, 2.75) is 26.0 Å². The van der Waals surface area contributed by atoms with Crippen LogP contribution in [0.1, 0.15) is 31.1 Å². The lowest BCUT2D eigenvalue weighted by Gasteiger charge is -2.17. The largest absolute Gasteiger partial charge is 0.489 e. The highest BCUT2D eigenvalue weighted by atomic mass is 16.5. The van der Waals surface area contributed by atoms with Crippen molar-refractivity contribution in [2.75, 3.05) is 7.05 Å². The molecule has 2 rings (SSSR count). The lowest BCUT2D eigenvalue weighted by Crippen LogP contribution is -2.19. The topological polar surface area (TPSA) is 59.9 Å². The van der Waals surface area contributed by atoms with Gasteiger partial charge in [-0.05, 0) is 38.6 Å². The fourth-order valence-corrected chi connectivity index (χ4v) is 1.89. The van der Waals surface area contributed by atoms with Gasteiger partial charge in [-0.25, -0.2) is 9.97 Å². The Hall–Kier alpha value is -2.01. The minimum atomic E-state index is -0.0220. The number of rotatable bonds is 5. The first kappa shape index (κ1) is 13.4. The van der Waals surface area contributed by atoms with Crippen LogP contribution in [0.3, 0.4) is 0 Å². The van der Waals surface area contributed by atoms with Gasteiger partial charge in [-0.3, -0.25) is 4.98 Å². The summed E-state index contributed by atoms with van der Waals surface area (Å²) in [5.74, 6) is 0.766. The van der Waals surface area contributed by atoms with E-state index in [4.69, 9.17) is 4.74 Å². The molecule has 0 bridgehead atoms. The van der Waals surface area contributed by atoms with Crippen LogP contribution in [0.5, 0.6) is 5.75 Å². The average Bonchev–Trinajstić information content (AvgIpc) is 2.40. The first-order chi connectivity index (χ1) is 9.20. The van der Waals surface area contributed by atoms with Crippen LogP contribution >= 0.6 is 0 Å². The van der Waals surface area contributed by atoms with Gasteiger partial charge in [0.25, 0.3) is 0 Å². The van der Waals surface area contributed by atoms with E-state index < -0.39 is 0 Å². The quantitative estimate of drug-likeness (QED) is 0.888. The van der Waals surface area contributed by atoms with Gasteiger partial charge in [-0.15, -0.1) is 0 Å². The molecule has 0 spiro atoms. The third kappa shape index (κ3) is 3.48. The lowest BCUT2D eigenvalue weighted by atomic mass is 10.1. The fourth-order valence-electron chi connectivity index (χ4n) is 1.89. The number of nitrogens with zero attached hydrogens (tertiary/aromatic N) is 3. The molecule has 0 amide bonds. The SMILES string of the molecule is CNC(c1cncc(OC(C)C)c1)c1ccncn1. The van der Waals surface area contributed by atoms with Crippen LogP contribution < -0.4 is 10.1 Å². The van der Waals surface area contributed by atoms with Crippen molar-refractivity contribution in [3.05, 3.63) is 48.3 Å². The van der Waals surface area contributed by atoms with Gasteiger partial charge in [0.15, 0.2) is 0 Å². The molecule has 0 saturated heterocycles. The molecule has 1 atom stereocenters. The van der Waals surface area contributed by atoms with E-state index >= 15 is 0 Å². The zero-order chi connectivity index (χ0) is 13.7. The molecule has 100 valence electrons. The molecule has 0 aliphatic rings. The van der Waals surface area contributed by atoms with E-state index in [1.807, 2.05) is 39.2 Å². The molecular weight excluding hydrogens is 240 g/mol. The van der Waals surface area contributed by atoms with Crippen LogP contribution in [0, 0.1) is 0 Å². The van der Waals surface area contributed by atoms with Gasteiger partial charge in [0, 0.05) is 12.4 Å². The van der Waals surface area contributed by atoms with Gasteiger partial charge in [0.1, 0.15) is 12.1 Å². The molecular formula is C14H18N4O. The first-order valence-electron chi connectivity index (χ1n) is 6.25. The summed E-state index contributed by atoms with van der Waals surface area (Å²) in [4.78, 5) is 12.4. The van der Waals surface area contributed by atoms with Crippen LogP contribution in [-0.2, 0) is 0 Å². The van der Waals surface area contributed by atoms with Gasteiger partial charge in [-0.1, -0.05) is 0 Å². The van der Waals surface area contributed by atoms with E-state index in [0.29, 0.717) is 0 Å². The minimum Gasteiger partial charge on any atom is -0.489 e. The zero-order valence-corrected chi connectivity index (χ0v) is 11.4. The third-order valence-electron chi connectivity index (χ3n) is 2.63.